The SMILES string of the molecule is O=C(c1cn2cnnc2cn1)N1CC2(CCC(F)(F)CC2)C1. The number of amides is 1. The Balaban J connectivity index is 1.45. The van der Waals surface area contributed by atoms with E-state index in [1.165, 1.54) is 12.5 Å². The second-order valence-electron chi connectivity index (χ2n) is 6.39. The van der Waals surface area contributed by atoms with Crippen molar-refractivity contribution in [3.05, 3.63) is 24.4 Å². The Kier molecular flexibility index (Phi) is 2.73. The van der Waals surface area contributed by atoms with Crippen LogP contribution in [0.3, 0.4) is 0 Å². The van der Waals surface area contributed by atoms with Crippen molar-refractivity contribution in [2.75, 3.05) is 13.1 Å². The highest BCUT2D eigenvalue weighted by Crippen LogP contribution is 2.48. The number of carbonyl (C=O) groups is 1. The first kappa shape index (κ1) is 13.5. The Morgan fingerprint density at radius 1 is 1.18 bits per heavy atom. The molecule has 2 aromatic rings. The van der Waals surface area contributed by atoms with Crippen LogP contribution in [0.2, 0.25) is 0 Å². The highest BCUT2D eigenvalue weighted by molar-refractivity contribution is 5.92. The van der Waals surface area contributed by atoms with Gasteiger partial charge in [0.1, 0.15) is 12.0 Å². The molecule has 0 N–H and O–H groups in total. The molecule has 1 amide bonds. The van der Waals surface area contributed by atoms with Crippen LogP contribution in [0.25, 0.3) is 5.65 Å². The summed E-state index contributed by atoms with van der Waals surface area (Å²) in [7, 11) is 0. The molecule has 2 aromatic heterocycles. The van der Waals surface area contributed by atoms with Gasteiger partial charge in [-0.3, -0.25) is 9.20 Å². The van der Waals surface area contributed by atoms with E-state index in [9.17, 15) is 13.6 Å². The number of aromatic nitrogens is 4. The van der Waals surface area contributed by atoms with E-state index in [2.05, 4.69) is 15.2 Å². The Bertz CT molecular complexity index is 726. The number of fused-ring (bicyclic) bond motifs is 1. The summed E-state index contributed by atoms with van der Waals surface area (Å²) in [5, 5.41) is 7.57. The third kappa shape index (κ3) is 2.13. The highest BCUT2D eigenvalue weighted by atomic mass is 19.3. The molecule has 22 heavy (non-hydrogen) atoms. The van der Waals surface area contributed by atoms with E-state index in [1.54, 1.807) is 15.5 Å². The molecule has 1 aliphatic heterocycles. The molecule has 4 rings (SSSR count). The van der Waals surface area contributed by atoms with Crippen LogP contribution in [0.1, 0.15) is 36.2 Å². The van der Waals surface area contributed by atoms with Gasteiger partial charge in [0.2, 0.25) is 5.92 Å². The number of hydrogen-bond donors (Lipinski definition) is 0. The van der Waals surface area contributed by atoms with Crippen LogP contribution >= 0.6 is 0 Å². The van der Waals surface area contributed by atoms with Crippen LogP contribution in [-0.4, -0.2) is 49.4 Å². The molecule has 2 aliphatic rings. The van der Waals surface area contributed by atoms with Crippen LogP contribution in [0.5, 0.6) is 0 Å². The summed E-state index contributed by atoms with van der Waals surface area (Å²) < 4.78 is 28.1. The first-order valence-corrected chi connectivity index (χ1v) is 7.29. The molecule has 0 aromatic carbocycles. The maximum atomic E-state index is 13.2. The quantitative estimate of drug-likeness (QED) is 0.805. The van der Waals surface area contributed by atoms with Gasteiger partial charge in [-0.25, -0.2) is 13.8 Å². The van der Waals surface area contributed by atoms with Gasteiger partial charge in [-0.15, -0.1) is 10.2 Å². The van der Waals surface area contributed by atoms with Crippen molar-refractivity contribution in [3.63, 3.8) is 0 Å². The van der Waals surface area contributed by atoms with Crippen LogP contribution < -0.4 is 0 Å². The van der Waals surface area contributed by atoms with Crippen molar-refractivity contribution in [3.8, 4) is 0 Å². The fourth-order valence-corrected chi connectivity index (χ4v) is 3.38. The molecule has 1 saturated heterocycles. The summed E-state index contributed by atoms with van der Waals surface area (Å²) in [6.07, 6.45) is 5.44. The minimum Gasteiger partial charge on any atom is -0.336 e. The molecule has 3 heterocycles. The van der Waals surface area contributed by atoms with Crippen molar-refractivity contribution < 1.29 is 13.6 Å². The lowest BCUT2D eigenvalue weighted by molar-refractivity contribution is -0.103. The molecule has 0 bridgehead atoms. The lowest BCUT2D eigenvalue weighted by atomic mass is 9.67. The summed E-state index contributed by atoms with van der Waals surface area (Å²) in [5.74, 6) is -2.70. The number of halogens is 2. The van der Waals surface area contributed by atoms with E-state index >= 15 is 0 Å². The number of nitrogens with zero attached hydrogens (tertiary/aromatic N) is 5. The van der Waals surface area contributed by atoms with Gasteiger partial charge in [0.25, 0.3) is 5.91 Å². The summed E-state index contributed by atoms with van der Waals surface area (Å²) in [5.41, 5.74) is 0.785. The van der Waals surface area contributed by atoms with Crippen LogP contribution in [0.15, 0.2) is 18.7 Å². The first-order valence-electron chi connectivity index (χ1n) is 7.29. The Morgan fingerprint density at radius 3 is 2.64 bits per heavy atom. The molecule has 0 radical (unpaired) electrons. The minimum absolute atomic E-state index is 0.0695. The largest absolute Gasteiger partial charge is 0.336 e. The standard InChI is InChI=1S/C14H15F2N5O/c15-14(16)3-1-13(2-4-14)7-21(8-13)12(22)10-6-20-9-18-19-11(20)5-17-10/h5-6,9H,1-4,7-8H2. The van der Waals surface area contributed by atoms with Gasteiger partial charge in [0, 0.05) is 37.5 Å². The van der Waals surface area contributed by atoms with E-state index in [4.69, 9.17) is 0 Å². The molecule has 1 spiro atoms. The molecule has 0 unspecified atom stereocenters. The lowest BCUT2D eigenvalue weighted by Gasteiger charge is -2.53. The average Bonchev–Trinajstić information content (AvgIpc) is 2.92. The van der Waals surface area contributed by atoms with Gasteiger partial charge < -0.3 is 4.90 Å². The van der Waals surface area contributed by atoms with Crippen LogP contribution in [0, 0.1) is 5.41 Å². The van der Waals surface area contributed by atoms with Gasteiger partial charge in [-0.1, -0.05) is 0 Å². The third-order valence-electron chi connectivity index (χ3n) is 4.78. The van der Waals surface area contributed by atoms with Crippen LogP contribution in [0.4, 0.5) is 8.78 Å². The average molecular weight is 307 g/mol. The smallest absolute Gasteiger partial charge is 0.274 e. The molecular weight excluding hydrogens is 292 g/mol. The molecule has 0 atom stereocenters. The normalized spacial score (nSPS) is 22.7. The number of alkyl halides is 2. The lowest BCUT2D eigenvalue weighted by Crippen LogP contribution is -2.60. The van der Waals surface area contributed by atoms with Crippen molar-refractivity contribution in [1.82, 2.24) is 24.5 Å². The van der Waals surface area contributed by atoms with Crippen molar-refractivity contribution in [2.45, 2.75) is 31.6 Å². The van der Waals surface area contributed by atoms with Crippen molar-refractivity contribution in [1.29, 1.82) is 0 Å². The fraction of sp³-hybridized carbons (Fsp3) is 0.571. The van der Waals surface area contributed by atoms with E-state index in [-0.39, 0.29) is 24.2 Å². The monoisotopic (exact) mass is 307 g/mol. The van der Waals surface area contributed by atoms with E-state index < -0.39 is 5.92 Å². The second-order valence-corrected chi connectivity index (χ2v) is 6.39. The van der Waals surface area contributed by atoms with Crippen molar-refractivity contribution in [2.24, 2.45) is 5.41 Å². The number of carbonyl (C=O) groups excluding carboxylic acids is 1. The van der Waals surface area contributed by atoms with E-state index in [0.29, 0.717) is 37.3 Å². The molecule has 116 valence electrons. The number of hydrogen-bond acceptors (Lipinski definition) is 4. The predicted octanol–water partition coefficient (Wildman–Crippen LogP) is 1.78. The number of rotatable bonds is 1. The molecule has 6 nitrogen and oxygen atoms in total. The van der Waals surface area contributed by atoms with Crippen LogP contribution in [-0.2, 0) is 0 Å². The summed E-state index contributed by atoms with van der Waals surface area (Å²) in [6, 6.07) is 0. The highest BCUT2D eigenvalue weighted by Gasteiger charge is 2.51. The molecule has 8 heteroatoms. The van der Waals surface area contributed by atoms with E-state index in [1.807, 2.05) is 0 Å². The molecule has 1 saturated carbocycles. The van der Waals surface area contributed by atoms with Gasteiger partial charge in [0.15, 0.2) is 5.65 Å². The number of likely N-dealkylation sites (tertiary alicyclic amines) is 1. The zero-order chi connectivity index (χ0) is 15.4. The Labute approximate surface area is 125 Å². The second kappa shape index (κ2) is 4.44. The first-order chi connectivity index (χ1) is 10.5. The third-order valence-corrected chi connectivity index (χ3v) is 4.78. The Morgan fingerprint density at radius 2 is 1.91 bits per heavy atom. The Hall–Kier alpha value is -2.12. The maximum Gasteiger partial charge on any atom is 0.274 e. The topological polar surface area (TPSA) is 63.4 Å². The maximum absolute atomic E-state index is 13.2. The van der Waals surface area contributed by atoms with Gasteiger partial charge in [-0.05, 0) is 12.8 Å². The van der Waals surface area contributed by atoms with Gasteiger partial charge >= 0.3 is 0 Å². The summed E-state index contributed by atoms with van der Waals surface area (Å²) in [6.45, 7) is 1.09. The zero-order valence-corrected chi connectivity index (χ0v) is 11.9. The molecular formula is C14H15F2N5O. The summed E-state index contributed by atoms with van der Waals surface area (Å²) in [4.78, 5) is 18.2. The van der Waals surface area contributed by atoms with Crippen molar-refractivity contribution >= 4 is 11.6 Å². The fourth-order valence-electron chi connectivity index (χ4n) is 3.38. The van der Waals surface area contributed by atoms with Gasteiger partial charge in [-0.2, -0.15) is 0 Å². The molecule has 1 aliphatic carbocycles. The van der Waals surface area contributed by atoms with E-state index in [0.717, 1.165) is 0 Å². The zero-order valence-electron chi connectivity index (χ0n) is 11.9. The molecule has 2 fully saturated rings. The summed E-state index contributed by atoms with van der Waals surface area (Å²) >= 11 is 0. The van der Waals surface area contributed by atoms with Gasteiger partial charge in [0.05, 0.1) is 6.20 Å². The minimum atomic E-state index is -2.53. The predicted molar refractivity (Wildman–Crippen MR) is 72.5 cm³/mol.